The molecule has 1 N–H and O–H groups in total. The van der Waals surface area contributed by atoms with E-state index < -0.39 is 33.5 Å². The predicted molar refractivity (Wildman–Crippen MR) is 108 cm³/mol. The van der Waals surface area contributed by atoms with Crippen molar-refractivity contribution in [2.75, 3.05) is 27.1 Å². The Hall–Kier alpha value is -2.75. The molecule has 0 bridgehead atoms. The Morgan fingerprint density at radius 1 is 0.941 bits per heavy atom. The Balaban J connectivity index is 2.21. The van der Waals surface area contributed by atoms with Gasteiger partial charge in [0.2, 0.25) is 0 Å². The zero-order valence-electron chi connectivity index (χ0n) is 18.2. The molecule has 0 atom stereocenters. The minimum absolute atomic E-state index is 0.0807. The molecule has 0 saturated carbocycles. The van der Waals surface area contributed by atoms with Crippen LogP contribution in [-0.2, 0) is 35.9 Å². The van der Waals surface area contributed by atoms with Crippen molar-refractivity contribution in [1.82, 2.24) is 19.9 Å². The van der Waals surface area contributed by atoms with E-state index in [0.29, 0.717) is 12.3 Å². The summed E-state index contributed by atoms with van der Waals surface area (Å²) in [5.74, 6) is -7.50. The van der Waals surface area contributed by atoms with Crippen LogP contribution < -0.4 is 0 Å². The highest BCUT2D eigenvalue weighted by molar-refractivity contribution is 7.91. The van der Waals surface area contributed by atoms with Crippen molar-refractivity contribution in [2.24, 2.45) is 0 Å². The predicted octanol–water partition coefficient (Wildman–Crippen LogP) is 3.52. The molecule has 34 heavy (non-hydrogen) atoms. The Kier molecular flexibility index (Phi) is 6.69. The highest BCUT2D eigenvalue weighted by atomic mass is 32.2. The van der Waals surface area contributed by atoms with Gasteiger partial charge in [0.25, 0.3) is 0 Å². The van der Waals surface area contributed by atoms with Crippen LogP contribution >= 0.6 is 0 Å². The molecule has 0 radical (unpaired) electrons. The lowest BCUT2D eigenvalue weighted by Crippen LogP contribution is -2.33. The van der Waals surface area contributed by atoms with E-state index in [0.717, 1.165) is 0 Å². The van der Waals surface area contributed by atoms with Crippen molar-refractivity contribution in [3.63, 3.8) is 0 Å². The fraction of sp³-hybridized carbons (Fsp3) is 0.421. The number of imidazole rings is 1. The summed E-state index contributed by atoms with van der Waals surface area (Å²) in [5, 5.41) is 0. The number of pyridine rings is 2. The van der Waals surface area contributed by atoms with Crippen molar-refractivity contribution in [3.05, 3.63) is 35.7 Å². The lowest BCUT2D eigenvalue weighted by Gasteiger charge is -2.29. The molecular weight excluding hydrogens is 491 g/mol. The van der Waals surface area contributed by atoms with Gasteiger partial charge in [-0.1, -0.05) is 6.92 Å². The third-order valence-corrected chi connectivity index (χ3v) is 6.75. The number of hydrogen-bond donors (Lipinski definition) is 1. The summed E-state index contributed by atoms with van der Waals surface area (Å²) in [6.07, 6.45) is -4.29. The zero-order chi connectivity index (χ0) is 25.5. The fourth-order valence-electron chi connectivity index (χ4n) is 3.13. The van der Waals surface area contributed by atoms with Crippen molar-refractivity contribution >= 4 is 21.0 Å². The topological polar surface area (TPSA) is 116 Å². The molecule has 0 fully saturated rings. The smallest absolute Gasteiger partial charge is 0.327 e. The minimum Gasteiger partial charge on any atom is -0.327 e. The summed E-state index contributed by atoms with van der Waals surface area (Å²) in [7, 11) is -0.177. The molecule has 0 amide bonds. The number of fused-ring (bicyclic) bond motifs is 1. The van der Waals surface area contributed by atoms with Gasteiger partial charge in [-0.15, -0.1) is 0 Å². The standard InChI is InChI=1S/C19H19F5N4O5S/c1-5-34(29,30)13-7-11(18(31-2,32-3)33-4)9-25-14(13)16-27-12-6-10(8-26-15(12)28-16)17(20,21)19(22,23)24/h6-9H,5H2,1-4H3,(H,26,27,28). The molecule has 0 aliphatic carbocycles. The molecule has 0 saturated heterocycles. The van der Waals surface area contributed by atoms with Gasteiger partial charge >= 0.3 is 18.1 Å². The second-order valence-corrected chi connectivity index (χ2v) is 9.14. The highest BCUT2D eigenvalue weighted by Crippen LogP contribution is 2.44. The first kappa shape index (κ1) is 25.9. The molecule has 9 nitrogen and oxygen atoms in total. The molecule has 186 valence electrons. The van der Waals surface area contributed by atoms with E-state index in [9.17, 15) is 30.4 Å². The van der Waals surface area contributed by atoms with Gasteiger partial charge in [-0.2, -0.15) is 22.0 Å². The maximum Gasteiger partial charge on any atom is 0.458 e. The number of sulfone groups is 1. The van der Waals surface area contributed by atoms with Crippen LogP contribution in [0.2, 0.25) is 0 Å². The van der Waals surface area contributed by atoms with Gasteiger partial charge in [-0.25, -0.2) is 18.4 Å². The maximum atomic E-state index is 13.7. The number of nitrogens with zero attached hydrogens (tertiary/aromatic N) is 3. The van der Waals surface area contributed by atoms with Crippen molar-refractivity contribution in [3.8, 4) is 11.5 Å². The Morgan fingerprint density at radius 3 is 2.06 bits per heavy atom. The summed E-state index contributed by atoms with van der Waals surface area (Å²) in [4.78, 5) is 13.9. The van der Waals surface area contributed by atoms with Crippen LogP contribution in [0.4, 0.5) is 22.0 Å². The van der Waals surface area contributed by atoms with E-state index in [1.165, 1.54) is 40.5 Å². The third-order valence-electron chi connectivity index (χ3n) is 5.01. The maximum absolute atomic E-state index is 13.7. The summed E-state index contributed by atoms with van der Waals surface area (Å²) < 4.78 is 107. The number of aromatic amines is 1. The quantitative estimate of drug-likeness (QED) is 0.362. The van der Waals surface area contributed by atoms with E-state index >= 15 is 0 Å². The van der Waals surface area contributed by atoms with Gasteiger partial charge in [-0.3, -0.25) is 4.98 Å². The van der Waals surface area contributed by atoms with Gasteiger partial charge in [0, 0.05) is 33.7 Å². The Bertz CT molecular complexity index is 1300. The number of hydrogen-bond acceptors (Lipinski definition) is 8. The van der Waals surface area contributed by atoms with E-state index in [-0.39, 0.29) is 38.9 Å². The molecule has 0 aliphatic heterocycles. The minimum atomic E-state index is -5.84. The van der Waals surface area contributed by atoms with Gasteiger partial charge in [0.1, 0.15) is 11.2 Å². The Morgan fingerprint density at radius 2 is 1.53 bits per heavy atom. The number of H-pyrrole nitrogens is 1. The van der Waals surface area contributed by atoms with E-state index in [1.54, 1.807) is 0 Å². The molecule has 15 heteroatoms. The number of nitrogens with one attached hydrogen (secondary N) is 1. The fourth-order valence-corrected chi connectivity index (χ4v) is 4.19. The normalized spacial score (nSPS) is 13.6. The molecule has 3 aromatic heterocycles. The van der Waals surface area contributed by atoms with Gasteiger partial charge < -0.3 is 19.2 Å². The van der Waals surface area contributed by atoms with Crippen LogP contribution in [0, 0.1) is 0 Å². The molecule has 0 aliphatic rings. The lowest BCUT2D eigenvalue weighted by atomic mass is 10.1. The van der Waals surface area contributed by atoms with Crippen molar-refractivity contribution < 1.29 is 44.6 Å². The number of alkyl halides is 5. The van der Waals surface area contributed by atoms with E-state index in [1.807, 2.05) is 0 Å². The van der Waals surface area contributed by atoms with Crippen LogP contribution in [0.3, 0.4) is 0 Å². The molecule has 0 aromatic carbocycles. The third kappa shape index (κ3) is 4.23. The molecule has 0 spiro atoms. The number of aromatic nitrogens is 4. The van der Waals surface area contributed by atoms with Gasteiger partial charge in [0.05, 0.1) is 21.8 Å². The second kappa shape index (κ2) is 8.79. The van der Waals surface area contributed by atoms with Crippen LogP contribution in [0.25, 0.3) is 22.7 Å². The number of ether oxygens (including phenoxy) is 3. The summed E-state index contributed by atoms with van der Waals surface area (Å²) in [6.45, 7) is 1.38. The number of methoxy groups -OCH3 is 3. The second-order valence-electron chi connectivity index (χ2n) is 6.89. The Labute approximate surface area is 190 Å². The number of rotatable bonds is 8. The average molecular weight is 510 g/mol. The first-order valence-electron chi connectivity index (χ1n) is 9.46. The summed E-state index contributed by atoms with van der Waals surface area (Å²) in [6, 6.07) is 1.70. The van der Waals surface area contributed by atoms with E-state index in [4.69, 9.17) is 14.2 Å². The van der Waals surface area contributed by atoms with E-state index in [2.05, 4.69) is 19.9 Å². The zero-order valence-corrected chi connectivity index (χ0v) is 19.0. The summed E-state index contributed by atoms with van der Waals surface area (Å²) in [5.41, 5.74) is -2.05. The van der Waals surface area contributed by atoms with Crippen molar-refractivity contribution in [1.29, 1.82) is 0 Å². The van der Waals surface area contributed by atoms with Crippen LogP contribution in [0.5, 0.6) is 0 Å². The number of halogens is 5. The van der Waals surface area contributed by atoms with Crippen LogP contribution in [0.15, 0.2) is 29.4 Å². The molecule has 3 aromatic rings. The lowest BCUT2D eigenvalue weighted by molar-refractivity contribution is -0.364. The monoisotopic (exact) mass is 510 g/mol. The average Bonchev–Trinajstić information content (AvgIpc) is 3.23. The summed E-state index contributed by atoms with van der Waals surface area (Å²) >= 11 is 0. The van der Waals surface area contributed by atoms with Crippen LogP contribution in [0.1, 0.15) is 18.1 Å². The van der Waals surface area contributed by atoms with Gasteiger partial charge in [-0.05, 0) is 12.1 Å². The van der Waals surface area contributed by atoms with Crippen molar-refractivity contribution in [2.45, 2.75) is 29.9 Å². The molecule has 0 unspecified atom stereocenters. The highest BCUT2D eigenvalue weighted by Gasteiger charge is 2.59. The molecule has 3 rings (SSSR count). The molecule has 3 heterocycles. The largest absolute Gasteiger partial charge is 0.458 e. The van der Waals surface area contributed by atoms with Crippen LogP contribution in [-0.4, -0.2) is 61.6 Å². The van der Waals surface area contributed by atoms with Gasteiger partial charge in [0.15, 0.2) is 21.3 Å². The SMILES string of the molecule is CCS(=O)(=O)c1cc(C(OC)(OC)OC)cnc1-c1nc2cc(C(F)(F)C(F)(F)F)cnc2[nH]1. The molecular formula is C19H19F5N4O5S. The first-order chi connectivity index (χ1) is 15.8. The first-order valence-corrected chi connectivity index (χ1v) is 11.1.